The van der Waals surface area contributed by atoms with Crippen LogP contribution in [0, 0.1) is 0 Å². The van der Waals surface area contributed by atoms with Crippen molar-refractivity contribution in [1.29, 1.82) is 0 Å². The van der Waals surface area contributed by atoms with Crippen molar-refractivity contribution in [1.82, 2.24) is 5.32 Å². The highest BCUT2D eigenvalue weighted by molar-refractivity contribution is 4.63. The van der Waals surface area contributed by atoms with Gasteiger partial charge in [-0.2, -0.15) is 0 Å². The molecule has 0 saturated carbocycles. The summed E-state index contributed by atoms with van der Waals surface area (Å²) in [5.41, 5.74) is 0. The average molecular weight is 159 g/mol. The third kappa shape index (κ3) is 5.22. The van der Waals surface area contributed by atoms with E-state index < -0.39 is 0 Å². The first-order chi connectivity index (χ1) is 5.24. The maximum absolute atomic E-state index is 5.16. The molecule has 0 spiro atoms. The van der Waals surface area contributed by atoms with Crippen LogP contribution < -0.4 is 5.32 Å². The molecule has 0 rings (SSSR count). The number of hydrogen-bond acceptors (Lipinski definition) is 2. The summed E-state index contributed by atoms with van der Waals surface area (Å²) in [7, 11) is 3.79. The van der Waals surface area contributed by atoms with E-state index in [4.69, 9.17) is 4.74 Å². The standard InChI is InChI=1S/C9H21NO/c1-5-9(10-3)7-6-8(2)11-4/h8-10H,5-7H2,1-4H3. The lowest BCUT2D eigenvalue weighted by molar-refractivity contribution is 0.106. The van der Waals surface area contributed by atoms with E-state index in [1.54, 1.807) is 7.11 Å². The Hall–Kier alpha value is -0.0800. The highest BCUT2D eigenvalue weighted by atomic mass is 16.5. The van der Waals surface area contributed by atoms with Crippen molar-refractivity contribution >= 4 is 0 Å². The van der Waals surface area contributed by atoms with Crippen LogP contribution in [0.15, 0.2) is 0 Å². The number of ether oxygens (including phenoxy) is 1. The normalized spacial score (nSPS) is 16.4. The van der Waals surface area contributed by atoms with Gasteiger partial charge in [-0.3, -0.25) is 0 Å². The lowest BCUT2D eigenvalue weighted by Crippen LogP contribution is -2.25. The van der Waals surface area contributed by atoms with E-state index in [2.05, 4.69) is 19.2 Å². The zero-order chi connectivity index (χ0) is 8.69. The van der Waals surface area contributed by atoms with Gasteiger partial charge in [0.1, 0.15) is 0 Å². The summed E-state index contributed by atoms with van der Waals surface area (Å²) in [6.45, 7) is 4.32. The van der Waals surface area contributed by atoms with Crippen LogP contribution in [0.4, 0.5) is 0 Å². The molecule has 68 valence electrons. The molecule has 2 nitrogen and oxygen atoms in total. The SMILES string of the molecule is CCC(CCC(C)OC)NC. The molecule has 0 radical (unpaired) electrons. The Balaban J connectivity index is 3.34. The third-order valence-electron chi connectivity index (χ3n) is 2.23. The van der Waals surface area contributed by atoms with Crippen LogP contribution in [-0.4, -0.2) is 26.3 Å². The Bertz CT molecular complexity index is 81.6. The molecule has 0 aliphatic heterocycles. The van der Waals surface area contributed by atoms with Crippen LogP contribution in [0.5, 0.6) is 0 Å². The second-order valence-corrected chi connectivity index (χ2v) is 3.02. The fourth-order valence-electron chi connectivity index (χ4n) is 1.11. The van der Waals surface area contributed by atoms with Gasteiger partial charge >= 0.3 is 0 Å². The van der Waals surface area contributed by atoms with Crippen LogP contribution in [0.1, 0.15) is 33.1 Å². The quantitative estimate of drug-likeness (QED) is 0.638. The molecular weight excluding hydrogens is 138 g/mol. The van der Waals surface area contributed by atoms with Gasteiger partial charge in [0.05, 0.1) is 6.10 Å². The molecule has 1 N–H and O–H groups in total. The van der Waals surface area contributed by atoms with Gasteiger partial charge in [0.25, 0.3) is 0 Å². The van der Waals surface area contributed by atoms with Crippen LogP contribution in [-0.2, 0) is 4.74 Å². The first kappa shape index (κ1) is 10.9. The summed E-state index contributed by atoms with van der Waals surface area (Å²) in [6.07, 6.45) is 3.96. The smallest absolute Gasteiger partial charge is 0.0543 e. The molecule has 11 heavy (non-hydrogen) atoms. The summed E-state index contributed by atoms with van der Waals surface area (Å²) in [5, 5.41) is 3.28. The minimum absolute atomic E-state index is 0.400. The van der Waals surface area contributed by atoms with Crippen molar-refractivity contribution in [2.45, 2.75) is 45.3 Å². The van der Waals surface area contributed by atoms with Gasteiger partial charge in [0.15, 0.2) is 0 Å². The van der Waals surface area contributed by atoms with Gasteiger partial charge in [-0.1, -0.05) is 6.92 Å². The number of methoxy groups -OCH3 is 1. The van der Waals surface area contributed by atoms with Crippen LogP contribution in [0.3, 0.4) is 0 Å². The molecule has 0 fully saturated rings. The molecule has 0 aromatic heterocycles. The molecule has 2 atom stereocenters. The van der Waals surface area contributed by atoms with Gasteiger partial charge in [-0.25, -0.2) is 0 Å². The fourth-order valence-corrected chi connectivity index (χ4v) is 1.11. The summed E-state index contributed by atoms with van der Waals surface area (Å²) < 4.78 is 5.16. The molecule has 0 aromatic carbocycles. The van der Waals surface area contributed by atoms with E-state index in [-0.39, 0.29) is 0 Å². The molecule has 0 amide bonds. The molecule has 2 heteroatoms. The highest BCUT2D eigenvalue weighted by Gasteiger charge is 2.05. The van der Waals surface area contributed by atoms with Crippen molar-refractivity contribution in [3.05, 3.63) is 0 Å². The molecule has 0 aliphatic carbocycles. The topological polar surface area (TPSA) is 21.3 Å². The Morgan fingerprint density at radius 3 is 2.36 bits per heavy atom. The first-order valence-electron chi connectivity index (χ1n) is 4.44. The van der Waals surface area contributed by atoms with Gasteiger partial charge < -0.3 is 10.1 Å². The fraction of sp³-hybridized carbons (Fsp3) is 1.00. The van der Waals surface area contributed by atoms with Gasteiger partial charge in [0.2, 0.25) is 0 Å². The lowest BCUT2D eigenvalue weighted by Gasteiger charge is -2.15. The van der Waals surface area contributed by atoms with Gasteiger partial charge in [-0.15, -0.1) is 0 Å². The monoisotopic (exact) mass is 159 g/mol. The largest absolute Gasteiger partial charge is 0.382 e. The summed E-state index contributed by atoms with van der Waals surface area (Å²) >= 11 is 0. The maximum Gasteiger partial charge on any atom is 0.0543 e. The van der Waals surface area contributed by atoms with E-state index in [1.807, 2.05) is 7.05 Å². The Labute approximate surface area is 70.3 Å². The first-order valence-corrected chi connectivity index (χ1v) is 4.44. The molecule has 0 bridgehead atoms. The molecule has 0 aromatic rings. The van der Waals surface area contributed by atoms with E-state index >= 15 is 0 Å². The molecular formula is C9H21NO. The van der Waals surface area contributed by atoms with Crippen molar-refractivity contribution in [2.24, 2.45) is 0 Å². The summed E-state index contributed by atoms with van der Waals surface area (Å²) in [4.78, 5) is 0. The van der Waals surface area contributed by atoms with Crippen molar-refractivity contribution in [3.8, 4) is 0 Å². The highest BCUT2D eigenvalue weighted by Crippen LogP contribution is 2.05. The van der Waals surface area contributed by atoms with Crippen molar-refractivity contribution in [3.63, 3.8) is 0 Å². The third-order valence-corrected chi connectivity index (χ3v) is 2.23. The number of nitrogens with one attached hydrogen (secondary N) is 1. The predicted molar refractivity (Wildman–Crippen MR) is 48.8 cm³/mol. The molecule has 2 unspecified atom stereocenters. The molecule has 0 heterocycles. The van der Waals surface area contributed by atoms with E-state index in [0.29, 0.717) is 12.1 Å². The Morgan fingerprint density at radius 2 is 2.00 bits per heavy atom. The van der Waals surface area contributed by atoms with Crippen molar-refractivity contribution < 1.29 is 4.74 Å². The zero-order valence-electron chi connectivity index (χ0n) is 8.18. The lowest BCUT2D eigenvalue weighted by atomic mass is 10.1. The minimum atomic E-state index is 0.400. The maximum atomic E-state index is 5.16. The van der Waals surface area contributed by atoms with E-state index in [0.717, 1.165) is 6.42 Å². The minimum Gasteiger partial charge on any atom is -0.382 e. The number of rotatable bonds is 6. The van der Waals surface area contributed by atoms with Crippen LogP contribution in [0.25, 0.3) is 0 Å². The Kier molecular flexibility index (Phi) is 6.57. The predicted octanol–water partition coefficient (Wildman–Crippen LogP) is 1.80. The van der Waals surface area contributed by atoms with Gasteiger partial charge in [0, 0.05) is 13.2 Å². The Morgan fingerprint density at radius 1 is 1.36 bits per heavy atom. The van der Waals surface area contributed by atoms with E-state index in [9.17, 15) is 0 Å². The van der Waals surface area contributed by atoms with Crippen molar-refractivity contribution in [2.75, 3.05) is 14.2 Å². The summed E-state index contributed by atoms with van der Waals surface area (Å²) in [6, 6.07) is 0.660. The molecule has 0 aliphatic rings. The van der Waals surface area contributed by atoms with Crippen LogP contribution >= 0.6 is 0 Å². The average Bonchev–Trinajstić information content (AvgIpc) is 2.06. The van der Waals surface area contributed by atoms with Crippen LogP contribution in [0.2, 0.25) is 0 Å². The number of hydrogen-bond donors (Lipinski definition) is 1. The van der Waals surface area contributed by atoms with Gasteiger partial charge in [-0.05, 0) is 33.2 Å². The second kappa shape index (κ2) is 6.62. The summed E-state index contributed by atoms with van der Waals surface area (Å²) in [5.74, 6) is 0. The second-order valence-electron chi connectivity index (χ2n) is 3.02. The molecule has 0 saturated heterocycles. The zero-order valence-corrected chi connectivity index (χ0v) is 8.18. The van der Waals surface area contributed by atoms with E-state index in [1.165, 1.54) is 12.8 Å².